The molecule has 1 heterocycles. The number of nitrogens with one attached hydrogen (secondary N) is 1. The van der Waals surface area contributed by atoms with E-state index in [0.29, 0.717) is 16.4 Å². The van der Waals surface area contributed by atoms with Crippen molar-refractivity contribution >= 4 is 57.3 Å². The molecule has 140 valence electrons. The number of thioether (sulfide) groups is 1. The molecule has 0 spiro atoms. The Morgan fingerprint density at radius 2 is 1.93 bits per heavy atom. The number of ether oxygens (including phenoxy) is 1. The first-order valence-corrected chi connectivity index (χ1v) is 10.4. The van der Waals surface area contributed by atoms with E-state index >= 15 is 0 Å². The van der Waals surface area contributed by atoms with Crippen LogP contribution in [0.5, 0.6) is 5.75 Å². The molecular formula is C18H15Cl2N3O2S2. The van der Waals surface area contributed by atoms with Crippen LogP contribution >= 0.6 is 46.3 Å². The topological polar surface area (TPSA) is 64.1 Å². The lowest BCUT2D eigenvalue weighted by Crippen LogP contribution is -2.12. The van der Waals surface area contributed by atoms with Gasteiger partial charge in [0.15, 0.2) is 10.1 Å². The number of carbonyl (C=O) groups excluding carboxylic acids is 1. The van der Waals surface area contributed by atoms with Crippen molar-refractivity contribution in [2.45, 2.75) is 17.0 Å². The zero-order valence-electron chi connectivity index (χ0n) is 14.5. The highest BCUT2D eigenvalue weighted by atomic mass is 35.5. The highest BCUT2D eigenvalue weighted by molar-refractivity contribution is 8.00. The third-order valence-corrected chi connectivity index (χ3v) is 6.29. The fourth-order valence-electron chi connectivity index (χ4n) is 2.29. The lowest BCUT2D eigenvalue weighted by atomic mass is 10.1. The van der Waals surface area contributed by atoms with E-state index in [1.165, 1.54) is 41.7 Å². The summed E-state index contributed by atoms with van der Waals surface area (Å²) in [6, 6.07) is 11.2. The van der Waals surface area contributed by atoms with Gasteiger partial charge in [-0.15, -0.1) is 10.2 Å². The average molecular weight is 440 g/mol. The zero-order chi connectivity index (χ0) is 19.4. The zero-order valence-corrected chi connectivity index (χ0v) is 17.6. The van der Waals surface area contributed by atoms with Crippen molar-refractivity contribution in [3.05, 3.63) is 63.1 Å². The second-order valence-electron chi connectivity index (χ2n) is 5.52. The Bertz CT molecular complexity index is 956. The number of methoxy groups -OCH3 is 1. The fraction of sp³-hybridized carbons (Fsp3) is 0.167. The number of rotatable bonds is 6. The van der Waals surface area contributed by atoms with E-state index < -0.39 is 0 Å². The molecular weight excluding hydrogens is 425 g/mol. The van der Waals surface area contributed by atoms with Gasteiger partial charge in [-0.25, -0.2) is 0 Å². The van der Waals surface area contributed by atoms with Gasteiger partial charge in [-0.3, -0.25) is 10.1 Å². The van der Waals surface area contributed by atoms with E-state index in [4.69, 9.17) is 27.9 Å². The van der Waals surface area contributed by atoms with Crippen molar-refractivity contribution in [3.63, 3.8) is 0 Å². The van der Waals surface area contributed by atoms with Gasteiger partial charge in [0.25, 0.3) is 5.91 Å². The van der Waals surface area contributed by atoms with Crippen molar-refractivity contribution in [1.82, 2.24) is 10.2 Å². The maximum absolute atomic E-state index is 12.4. The van der Waals surface area contributed by atoms with Crippen LogP contribution in [0.2, 0.25) is 10.0 Å². The fourth-order valence-corrected chi connectivity index (χ4v) is 4.75. The van der Waals surface area contributed by atoms with E-state index in [1.54, 1.807) is 11.8 Å². The standard InChI is InChI=1S/C18H15Cl2N3O2S2/c1-10-5-3-4-6-11(10)9-26-18-23-22-17(27-18)21-16(24)12-7-13(19)15(25-2)14(20)8-12/h3-8H,9H2,1-2H3,(H,21,22,24). The number of hydrogen-bond donors (Lipinski definition) is 1. The Labute approximate surface area is 175 Å². The number of anilines is 1. The summed E-state index contributed by atoms with van der Waals surface area (Å²) >= 11 is 15.1. The number of nitrogens with zero attached hydrogens (tertiary/aromatic N) is 2. The highest BCUT2D eigenvalue weighted by Gasteiger charge is 2.15. The minimum absolute atomic E-state index is 0.266. The largest absolute Gasteiger partial charge is 0.494 e. The summed E-state index contributed by atoms with van der Waals surface area (Å²) in [7, 11) is 1.46. The van der Waals surface area contributed by atoms with Gasteiger partial charge < -0.3 is 4.74 Å². The number of hydrogen-bond acceptors (Lipinski definition) is 6. The minimum Gasteiger partial charge on any atom is -0.494 e. The molecule has 0 aliphatic carbocycles. The maximum Gasteiger partial charge on any atom is 0.257 e. The molecule has 0 bridgehead atoms. The summed E-state index contributed by atoms with van der Waals surface area (Å²) in [5, 5.41) is 11.8. The molecule has 1 N–H and O–H groups in total. The Balaban J connectivity index is 1.65. The molecule has 0 atom stereocenters. The van der Waals surface area contributed by atoms with Crippen LogP contribution in [0.3, 0.4) is 0 Å². The monoisotopic (exact) mass is 439 g/mol. The van der Waals surface area contributed by atoms with Gasteiger partial charge in [0.2, 0.25) is 5.13 Å². The van der Waals surface area contributed by atoms with Crippen LogP contribution in [0.4, 0.5) is 5.13 Å². The third-order valence-electron chi connectivity index (χ3n) is 3.70. The molecule has 1 aromatic heterocycles. The first-order valence-electron chi connectivity index (χ1n) is 7.83. The summed E-state index contributed by atoms with van der Waals surface area (Å²) in [6.07, 6.45) is 0. The first kappa shape index (κ1) is 19.9. The predicted molar refractivity (Wildman–Crippen MR) is 112 cm³/mol. The van der Waals surface area contributed by atoms with Crippen LogP contribution in [0.15, 0.2) is 40.7 Å². The van der Waals surface area contributed by atoms with Crippen LogP contribution in [0, 0.1) is 6.92 Å². The first-order chi connectivity index (χ1) is 13.0. The van der Waals surface area contributed by atoms with Crippen LogP contribution in [0.25, 0.3) is 0 Å². The van der Waals surface area contributed by atoms with E-state index in [9.17, 15) is 4.79 Å². The molecule has 5 nitrogen and oxygen atoms in total. The number of amides is 1. The molecule has 0 saturated heterocycles. The molecule has 9 heteroatoms. The van der Waals surface area contributed by atoms with Crippen LogP contribution in [-0.4, -0.2) is 23.2 Å². The third kappa shape index (κ3) is 4.93. The van der Waals surface area contributed by atoms with Crippen LogP contribution < -0.4 is 10.1 Å². The summed E-state index contributed by atoms with van der Waals surface area (Å²) in [5.74, 6) is 0.757. The molecule has 0 radical (unpaired) electrons. The number of benzene rings is 2. The Morgan fingerprint density at radius 1 is 1.22 bits per heavy atom. The second kappa shape index (κ2) is 8.93. The van der Waals surface area contributed by atoms with Crippen molar-refractivity contribution in [2.24, 2.45) is 0 Å². The lowest BCUT2D eigenvalue weighted by Gasteiger charge is -2.08. The number of carbonyl (C=O) groups is 1. The van der Waals surface area contributed by atoms with Crippen molar-refractivity contribution in [1.29, 1.82) is 0 Å². The molecule has 0 unspecified atom stereocenters. The van der Waals surface area contributed by atoms with E-state index in [2.05, 4.69) is 34.6 Å². The van der Waals surface area contributed by atoms with Crippen molar-refractivity contribution < 1.29 is 9.53 Å². The number of halogens is 2. The van der Waals surface area contributed by atoms with Crippen LogP contribution in [0.1, 0.15) is 21.5 Å². The van der Waals surface area contributed by atoms with E-state index in [1.807, 2.05) is 12.1 Å². The molecule has 1 amide bonds. The van der Waals surface area contributed by atoms with Gasteiger partial charge in [0.1, 0.15) is 0 Å². The molecule has 0 aliphatic heterocycles. The van der Waals surface area contributed by atoms with Gasteiger partial charge in [-0.1, -0.05) is 70.6 Å². The normalized spacial score (nSPS) is 10.7. The Kier molecular flexibility index (Phi) is 6.59. The minimum atomic E-state index is -0.368. The van der Waals surface area contributed by atoms with E-state index in [-0.39, 0.29) is 16.0 Å². The molecule has 27 heavy (non-hydrogen) atoms. The molecule has 0 fully saturated rings. The second-order valence-corrected chi connectivity index (χ2v) is 8.53. The van der Waals surface area contributed by atoms with Gasteiger partial charge >= 0.3 is 0 Å². The van der Waals surface area contributed by atoms with Crippen molar-refractivity contribution in [2.75, 3.05) is 12.4 Å². The van der Waals surface area contributed by atoms with Crippen LogP contribution in [-0.2, 0) is 5.75 Å². The Morgan fingerprint density at radius 3 is 2.59 bits per heavy atom. The Hall–Kier alpha value is -1.80. The van der Waals surface area contributed by atoms with Gasteiger partial charge in [0.05, 0.1) is 17.2 Å². The SMILES string of the molecule is COc1c(Cl)cc(C(=O)Nc2nnc(SCc3ccccc3C)s2)cc1Cl. The average Bonchev–Trinajstić information content (AvgIpc) is 3.08. The van der Waals surface area contributed by atoms with Crippen molar-refractivity contribution in [3.8, 4) is 5.75 Å². The molecule has 3 aromatic rings. The van der Waals surface area contributed by atoms with Gasteiger partial charge in [-0.05, 0) is 30.2 Å². The van der Waals surface area contributed by atoms with Gasteiger partial charge in [-0.2, -0.15) is 0 Å². The smallest absolute Gasteiger partial charge is 0.257 e. The number of aryl methyl sites for hydroxylation is 1. The summed E-state index contributed by atoms with van der Waals surface area (Å²) in [4.78, 5) is 12.4. The number of aromatic nitrogens is 2. The summed E-state index contributed by atoms with van der Waals surface area (Å²) in [6.45, 7) is 2.08. The molecule has 0 saturated carbocycles. The molecule has 0 aliphatic rings. The quantitative estimate of drug-likeness (QED) is 0.393. The van der Waals surface area contributed by atoms with Gasteiger partial charge in [0, 0.05) is 11.3 Å². The highest BCUT2D eigenvalue weighted by Crippen LogP contribution is 2.34. The lowest BCUT2D eigenvalue weighted by molar-refractivity contribution is 0.102. The van der Waals surface area contributed by atoms with E-state index in [0.717, 1.165) is 10.1 Å². The predicted octanol–water partition coefficient (Wildman–Crippen LogP) is 5.71. The summed E-state index contributed by atoms with van der Waals surface area (Å²) in [5.41, 5.74) is 2.79. The maximum atomic E-state index is 12.4. The molecule has 2 aromatic carbocycles. The molecule has 3 rings (SSSR count). The summed E-state index contributed by atoms with van der Waals surface area (Å²) < 4.78 is 5.86.